The van der Waals surface area contributed by atoms with Gasteiger partial charge < -0.3 is 9.64 Å². The number of halogens is 1. The first-order valence-corrected chi connectivity index (χ1v) is 7.37. The zero-order valence-corrected chi connectivity index (χ0v) is 12.0. The monoisotopic (exact) mass is 293 g/mol. The summed E-state index contributed by atoms with van der Waals surface area (Å²) in [5.41, 5.74) is 0.956. The number of hydrogen-bond acceptors (Lipinski definition) is 5. The summed E-state index contributed by atoms with van der Waals surface area (Å²) in [7, 11) is 0. The number of nitrogens with zero attached hydrogens (tertiary/aromatic N) is 5. The number of morpholine rings is 1. The third-order valence-electron chi connectivity index (χ3n) is 4.33. The molecule has 2 unspecified atom stereocenters. The molecule has 0 bridgehead atoms. The number of rotatable bonds is 1. The van der Waals surface area contributed by atoms with Gasteiger partial charge in [-0.3, -0.25) is 0 Å². The van der Waals surface area contributed by atoms with E-state index in [1.807, 2.05) is 6.92 Å². The molecule has 0 spiro atoms. The summed E-state index contributed by atoms with van der Waals surface area (Å²) >= 11 is 6.26. The van der Waals surface area contributed by atoms with Crippen molar-refractivity contribution in [1.82, 2.24) is 19.6 Å². The van der Waals surface area contributed by atoms with Crippen LogP contribution < -0.4 is 4.90 Å². The molecular formula is C13H16ClN5O. The molecule has 1 saturated carbocycles. The number of ether oxygens (including phenoxy) is 1. The number of hydrogen-bond donors (Lipinski definition) is 0. The van der Waals surface area contributed by atoms with Crippen LogP contribution in [0.4, 0.5) is 5.82 Å². The molecule has 2 aliphatic rings. The zero-order chi connectivity index (χ0) is 13.7. The first-order chi connectivity index (χ1) is 9.75. The molecule has 2 aromatic rings. The third-order valence-corrected chi connectivity index (χ3v) is 4.70. The molecule has 0 radical (unpaired) electrons. The van der Waals surface area contributed by atoms with Crippen LogP contribution in [0, 0.1) is 6.92 Å². The molecule has 20 heavy (non-hydrogen) atoms. The van der Waals surface area contributed by atoms with E-state index in [2.05, 4.69) is 20.0 Å². The molecule has 1 aliphatic carbocycles. The molecule has 2 aromatic heterocycles. The van der Waals surface area contributed by atoms with E-state index in [1.54, 1.807) is 4.52 Å². The summed E-state index contributed by atoms with van der Waals surface area (Å²) in [5, 5.41) is 4.81. The number of fused-ring (bicyclic) bond motifs is 2. The Morgan fingerprint density at radius 2 is 2.30 bits per heavy atom. The first kappa shape index (κ1) is 12.3. The van der Waals surface area contributed by atoms with Crippen molar-refractivity contribution < 1.29 is 4.74 Å². The Hall–Kier alpha value is -1.40. The molecule has 1 aliphatic heterocycles. The molecule has 7 heteroatoms. The van der Waals surface area contributed by atoms with Crippen molar-refractivity contribution in [2.75, 3.05) is 18.1 Å². The van der Waals surface area contributed by atoms with Gasteiger partial charge in [0.05, 0.1) is 18.8 Å². The van der Waals surface area contributed by atoms with Crippen LogP contribution in [-0.2, 0) is 4.74 Å². The van der Waals surface area contributed by atoms with E-state index >= 15 is 0 Å². The molecule has 0 aromatic carbocycles. The molecule has 106 valence electrons. The van der Waals surface area contributed by atoms with Crippen LogP contribution in [0.1, 0.15) is 24.8 Å². The summed E-state index contributed by atoms with van der Waals surface area (Å²) in [6.45, 7) is 3.60. The maximum atomic E-state index is 6.26. The number of anilines is 1. The van der Waals surface area contributed by atoms with E-state index in [-0.39, 0.29) is 0 Å². The Bertz CT molecular complexity index is 657. The van der Waals surface area contributed by atoms with Crippen LogP contribution >= 0.6 is 11.6 Å². The molecule has 6 nitrogen and oxygen atoms in total. The zero-order valence-electron chi connectivity index (χ0n) is 11.3. The topological polar surface area (TPSA) is 55.5 Å². The van der Waals surface area contributed by atoms with Crippen molar-refractivity contribution in [2.24, 2.45) is 0 Å². The van der Waals surface area contributed by atoms with Crippen LogP contribution in [0.25, 0.3) is 5.78 Å². The van der Waals surface area contributed by atoms with Gasteiger partial charge in [-0.2, -0.15) is 19.6 Å². The van der Waals surface area contributed by atoms with Gasteiger partial charge in [0.1, 0.15) is 17.3 Å². The summed E-state index contributed by atoms with van der Waals surface area (Å²) in [4.78, 5) is 10.8. The van der Waals surface area contributed by atoms with Gasteiger partial charge in [-0.15, -0.1) is 0 Å². The predicted octanol–water partition coefficient (Wildman–Crippen LogP) is 1.84. The average molecular weight is 294 g/mol. The lowest BCUT2D eigenvalue weighted by atomic mass is 10.1. The van der Waals surface area contributed by atoms with Crippen molar-refractivity contribution in [1.29, 1.82) is 0 Å². The second kappa shape index (κ2) is 4.56. The minimum atomic E-state index is 0.327. The summed E-state index contributed by atoms with van der Waals surface area (Å²) in [6.07, 6.45) is 5.35. The van der Waals surface area contributed by atoms with Gasteiger partial charge >= 0.3 is 0 Å². The molecule has 4 rings (SSSR count). The van der Waals surface area contributed by atoms with Gasteiger partial charge in [0, 0.05) is 12.1 Å². The highest BCUT2D eigenvalue weighted by molar-refractivity contribution is 6.30. The Morgan fingerprint density at radius 1 is 1.40 bits per heavy atom. The van der Waals surface area contributed by atoms with Gasteiger partial charge in [0.25, 0.3) is 5.78 Å². The molecule has 0 amide bonds. The molecule has 3 heterocycles. The van der Waals surface area contributed by atoms with Gasteiger partial charge in [-0.05, 0) is 26.2 Å². The fraction of sp³-hybridized carbons (Fsp3) is 0.615. The lowest BCUT2D eigenvalue weighted by molar-refractivity contribution is 0.0251. The van der Waals surface area contributed by atoms with Gasteiger partial charge in [-0.25, -0.2) is 0 Å². The fourth-order valence-electron chi connectivity index (χ4n) is 3.41. The van der Waals surface area contributed by atoms with Crippen LogP contribution in [0.15, 0.2) is 6.33 Å². The van der Waals surface area contributed by atoms with E-state index in [1.165, 1.54) is 12.7 Å². The van der Waals surface area contributed by atoms with Crippen molar-refractivity contribution in [3.8, 4) is 0 Å². The van der Waals surface area contributed by atoms with E-state index in [4.69, 9.17) is 16.3 Å². The molecule has 2 atom stereocenters. The van der Waals surface area contributed by atoms with Gasteiger partial charge in [-0.1, -0.05) is 11.6 Å². The Balaban J connectivity index is 1.88. The lowest BCUT2D eigenvalue weighted by Crippen LogP contribution is -2.49. The molecule has 2 fully saturated rings. The van der Waals surface area contributed by atoms with Crippen molar-refractivity contribution in [3.63, 3.8) is 0 Å². The summed E-state index contributed by atoms with van der Waals surface area (Å²) < 4.78 is 7.68. The SMILES string of the molecule is Cc1c(Cl)nc2ncnn2c1N1CCOC2CCCC21. The van der Waals surface area contributed by atoms with Crippen molar-refractivity contribution in [3.05, 3.63) is 17.0 Å². The first-order valence-electron chi connectivity index (χ1n) is 7.00. The van der Waals surface area contributed by atoms with E-state index in [0.29, 0.717) is 23.1 Å². The van der Waals surface area contributed by atoms with Crippen LogP contribution in [-0.4, -0.2) is 44.9 Å². The second-order valence-corrected chi connectivity index (χ2v) is 5.78. The molecule has 0 N–H and O–H groups in total. The maximum Gasteiger partial charge on any atom is 0.255 e. The minimum absolute atomic E-state index is 0.327. The quantitative estimate of drug-likeness (QED) is 0.751. The fourth-order valence-corrected chi connectivity index (χ4v) is 3.57. The molecule has 1 saturated heterocycles. The van der Waals surface area contributed by atoms with Crippen molar-refractivity contribution in [2.45, 2.75) is 38.3 Å². The second-order valence-electron chi connectivity index (χ2n) is 5.42. The summed E-state index contributed by atoms with van der Waals surface area (Å²) in [5.74, 6) is 1.56. The van der Waals surface area contributed by atoms with Crippen LogP contribution in [0.3, 0.4) is 0 Å². The van der Waals surface area contributed by atoms with E-state index < -0.39 is 0 Å². The van der Waals surface area contributed by atoms with Crippen molar-refractivity contribution >= 4 is 23.2 Å². The Kier molecular flexibility index (Phi) is 2.82. The molecular weight excluding hydrogens is 278 g/mol. The average Bonchev–Trinajstić information content (AvgIpc) is 3.08. The standard InChI is InChI=1S/C13H16ClN5O/c1-8-11(14)17-13-15-7-16-19(13)12(8)18-5-6-20-10-4-2-3-9(10)18/h7,9-10H,2-6H2,1H3. The normalized spacial score (nSPS) is 26.2. The number of aromatic nitrogens is 4. The Labute approximate surface area is 121 Å². The van der Waals surface area contributed by atoms with Gasteiger partial charge in [0.2, 0.25) is 0 Å². The minimum Gasteiger partial charge on any atom is -0.374 e. The highest BCUT2D eigenvalue weighted by Crippen LogP contribution is 2.35. The van der Waals surface area contributed by atoms with E-state index in [9.17, 15) is 0 Å². The highest BCUT2D eigenvalue weighted by atomic mass is 35.5. The van der Waals surface area contributed by atoms with E-state index in [0.717, 1.165) is 37.4 Å². The predicted molar refractivity (Wildman–Crippen MR) is 75.3 cm³/mol. The third kappa shape index (κ3) is 1.71. The largest absolute Gasteiger partial charge is 0.374 e. The van der Waals surface area contributed by atoms with Gasteiger partial charge in [0.15, 0.2) is 0 Å². The summed E-state index contributed by atoms with van der Waals surface area (Å²) in [6, 6.07) is 0.410. The highest BCUT2D eigenvalue weighted by Gasteiger charge is 2.38. The Morgan fingerprint density at radius 3 is 3.20 bits per heavy atom. The smallest absolute Gasteiger partial charge is 0.255 e. The van der Waals surface area contributed by atoms with Crippen LogP contribution in [0.5, 0.6) is 0 Å². The maximum absolute atomic E-state index is 6.26. The lowest BCUT2D eigenvalue weighted by Gasteiger charge is -2.39. The van der Waals surface area contributed by atoms with Crippen LogP contribution in [0.2, 0.25) is 5.15 Å².